The Balaban J connectivity index is 0.00000225. The molecule has 1 unspecified atom stereocenters. The topological polar surface area (TPSA) is 86.3 Å². The maximum atomic E-state index is 12.4. The van der Waals surface area contributed by atoms with Gasteiger partial charge < -0.3 is 25.2 Å². The normalized spacial score (nSPS) is 23.9. The van der Waals surface area contributed by atoms with Crippen LogP contribution in [0.4, 0.5) is 0 Å². The van der Waals surface area contributed by atoms with Gasteiger partial charge in [-0.25, -0.2) is 0 Å². The maximum Gasteiger partial charge on any atom is 0.251 e. The molecule has 1 aliphatic carbocycles. The zero-order valence-electron chi connectivity index (χ0n) is 14.7. The maximum absolute atomic E-state index is 12.4. The number of hydrogen-bond acceptors (Lipinski definition) is 4. The first-order valence-electron chi connectivity index (χ1n) is 8.82. The van der Waals surface area contributed by atoms with Gasteiger partial charge >= 0.3 is 0 Å². The summed E-state index contributed by atoms with van der Waals surface area (Å²) in [6.45, 7) is 3.67. The number of hydrogen-bond donors (Lipinski definition) is 2. The summed E-state index contributed by atoms with van der Waals surface area (Å²) in [5.41, 5.74) is 0. The Bertz CT molecular complexity index is 498. The van der Waals surface area contributed by atoms with Gasteiger partial charge in [0.2, 0.25) is 5.91 Å². The SMILES string of the molecule is CN=C(NCC(=O)NC1CC1)N1CCN(C(=O)C2CCCO2)CC1.I. The minimum absolute atomic E-state index is 0. The van der Waals surface area contributed by atoms with E-state index >= 15 is 0 Å². The number of carbonyl (C=O) groups excluding carboxylic acids is 2. The van der Waals surface area contributed by atoms with Crippen LogP contribution in [0.5, 0.6) is 0 Å². The standard InChI is InChI=1S/C16H27N5O3.HI/c1-17-16(18-11-14(22)19-12-4-5-12)21-8-6-20(7-9-21)15(23)13-3-2-10-24-13;/h12-13H,2-11H2,1H3,(H,17,18)(H,19,22);1H. The number of ether oxygens (including phenoxy) is 1. The van der Waals surface area contributed by atoms with Crippen molar-refractivity contribution in [3.8, 4) is 0 Å². The van der Waals surface area contributed by atoms with Crippen molar-refractivity contribution < 1.29 is 14.3 Å². The number of guanidine groups is 1. The second kappa shape index (κ2) is 9.56. The van der Waals surface area contributed by atoms with E-state index in [9.17, 15) is 9.59 Å². The van der Waals surface area contributed by atoms with Crippen LogP contribution in [-0.2, 0) is 14.3 Å². The second-order valence-corrected chi connectivity index (χ2v) is 6.56. The summed E-state index contributed by atoms with van der Waals surface area (Å²) in [5, 5.41) is 6.05. The lowest BCUT2D eigenvalue weighted by Gasteiger charge is -2.37. The van der Waals surface area contributed by atoms with Gasteiger partial charge in [0.15, 0.2) is 5.96 Å². The van der Waals surface area contributed by atoms with Crippen molar-refractivity contribution in [3.05, 3.63) is 0 Å². The van der Waals surface area contributed by atoms with Crippen LogP contribution in [0.25, 0.3) is 0 Å². The number of halogens is 1. The molecule has 2 aliphatic heterocycles. The molecule has 2 heterocycles. The van der Waals surface area contributed by atoms with Crippen LogP contribution in [0.2, 0.25) is 0 Å². The Morgan fingerprint density at radius 1 is 1.12 bits per heavy atom. The molecule has 0 radical (unpaired) electrons. The average molecular weight is 465 g/mol. The molecule has 0 aromatic heterocycles. The second-order valence-electron chi connectivity index (χ2n) is 6.56. The van der Waals surface area contributed by atoms with Crippen LogP contribution in [0.15, 0.2) is 4.99 Å². The van der Waals surface area contributed by atoms with E-state index in [4.69, 9.17) is 4.74 Å². The van der Waals surface area contributed by atoms with Gasteiger partial charge in [-0.15, -0.1) is 24.0 Å². The Morgan fingerprint density at radius 3 is 2.36 bits per heavy atom. The minimum Gasteiger partial charge on any atom is -0.368 e. The van der Waals surface area contributed by atoms with Gasteiger partial charge in [-0.1, -0.05) is 0 Å². The molecular weight excluding hydrogens is 437 g/mol. The first kappa shape index (κ1) is 20.2. The average Bonchev–Trinajstić information content (AvgIpc) is 3.24. The van der Waals surface area contributed by atoms with Gasteiger partial charge in [0, 0.05) is 45.9 Å². The number of piperazine rings is 1. The lowest BCUT2D eigenvalue weighted by atomic mass is 10.2. The largest absolute Gasteiger partial charge is 0.368 e. The molecule has 8 nitrogen and oxygen atoms in total. The molecule has 3 fully saturated rings. The molecule has 2 amide bonds. The van der Waals surface area contributed by atoms with Gasteiger partial charge in [-0.2, -0.15) is 0 Å². The summed E-state index contributed by atoms with van der Waals surface area (Å²) in [7, 11) is 1.71. The fourth-order valence-corrected chi connectivity index (χ4v) is 3.11. The Kier molecular flexibility index (Phi) is 7.73. The van der Waals surface area contributed by atoms with Crippen molar-refractivity contribution in [2.24, 2.45) is 4.99 Å². The van der Waals surface area contributed by atoms with Crippen molar-refractivity contribution in [1.82, 2.24) is 20.4 Å². The van der Waals surface area contributed by atoms with Crippen LogP contribution in [0.1, 0.15) is 25.7 Å². The highest BCUT2D eigenvalue weighted by atomic mass is 127. The van der Waals surface area contributed by atoms with Crippen molar-refractivity contribution in [2.45, 2.75) is 37.8 Å². The number of aliphatic imine (C=N–C) groups is 1. The molecule has 1 atom stereocenters. The van der Waals surface area contributed by atoms with Crippen molar-refractivity contribution in [1.29, 1.82) is 0 Å². The highest BCUT2D eigenvalue weighted by Gasteiger charge is 2.31. The number of nitrogens with zero attached hydrogens (tertiary/aromatic N) is 3. The summed E-state index contributed by atoms with van der Waals surface area (Å²) in [5.74, 6) is 0.829. The lowest BCUT2D eigenvalue weighted by Crippen LogP contribution is -2.56. The summed E-state index contributed by atoms with van der Waals surface area (Å²) in [4.78, 5) is 32.3. The van der Waals surface area contributed by atoms with Gasteiger partial charge in [0.25, 0.3) is 5.91 Å². The van der Waals surface area contributed by atoms with E-state index in [0.717, 1.165) is 25.7 Å². The zero-order chi connectivity index (χ0) is 16.9. The highest BCUT2D eigenvalue weighted by molar-refractivity contribution is 14.0. The van der Waals surface area contributed by atoms with E-state index in [1.165, 1.54) is 0 Å². The van der Waals surface area contributed by atoms with E-state index in [1.54, 1.807) is 7.05 Å². The molecule has 0 spiro atoms. The molecule has 9 heteroatoms. The molecule has 142 valence electrons. The molecule has 3 aliphatic rings. The minimum atomic E-state index is -0.250. The Labute approximate surface area is 165 Å². The van der Waals surface area contributed by atoms with E-state index < -0.39 is 0 Å². The number of amides is 2. The van der Waals surface area contributed by atoms with E-state index in [-0.39, 0.29) is 48.4 Å². The third kappa shape index (κ3) is 5.70. The van der Waals surface area contributed by atoms with Gasteiger partial charge in [0.05, 0.1) is 6.54 Å². The van der Waals surface area contributed by atoms with Gasteiger partial charge in [0.1, 0.15) is 6.10 Å². The molecule has 0 aromatic rings. The quantitative estimate of drug-likeness (QED) is 0.341. The first-order chi connectivity index (χ1) is 11.7. The van der Waals surface area contributed by atoms with Gasteiger partial charge in [-0.3, -0.25) is 14.6 Å². The molecule has 0 bridgehead atoms. The Morgan fingerprint density at radius 2 is 1.80 bits per heavy atom. The van der Waals surface area contributed by atoms with Crippen LogP contribution in [0.3, 0.4) is 0 Å². The molecular formula is C16H28IN5O3. The highest BCUT2D eigenvalue weighted by Crippen LogP contribution is 2.18. The van der Waals surface area contributed by atoms with Crippen molar-refractivity contribution in [3.63, 3.8) is 0 Å². The monoisotopic (exact) mass is 465 g/mol. The van der Waals surface area contributed by atoms with Gasteiger partial charge in [-0.05, 0) is 25.7 Å². The molecule has 25 heavy (non-hydrogen) atoms. The van der Waals surface area contributed by atoms with Crippen LogP contribution in [-0.4, -0.2) is 86.1 Å². The predicted octanol–water partition coefficient (Wildman–Crippen LogP) is -0.218. The lowest BCUT2D eigenvalue weighted by molar-refractivity contribution is -0.142. The molecule has 2 saturated heterocycles. The smallest absolute Gasteiger partial charge is 0.251 e. The fraction of sp³-hybridized carbons (Fsp3) is 0.812. The molecule has 2 N–H and O–H groups in total. The Hall–Kier alpha value is -1.10. The number of nitrogens with one attached hydrogen (secondary N) is 2. The summed E-state index contributed by atoms with van der Waals surface area (Å²) in [6, 6.07) is 0.369. The van der Waals surface area contributed by atoms with Crippen LogP contribution in [0, 0.1) is 0 Å². The summed E-state index contributed by atoms with van der Waals surface area (Å²) in [6.07, 6.45) is 3.72. The van der Waals surface area contributed by atoms with E-state index in [2.05, 4.69) is 20.5 Å². The third-order valence-corrected chi connectivity index (χ3v) is 4.66. The van der Waals surface area contributed by atoms with E-state index in [0.29, 0.717) is 44.8 Å². The van der Waals surface area contributed by atoms with E-state index in [1.807, 2.05) is 4.90 Å². The van der Waals surface area contributed by atoms with Crippen molar-refractivity contribution >= 4 is 41.8 Å². The molecule has 3 rings (SSSR count). The third-order valence-electron chi connectivity index (χ3n) is 4.66. The first-order valence-corrected chi connectivity index (χ1v) is 8.82. The number of rotatable bonds is 4. The van der Waals surface area contributed by atoms with Crippen LogP contribution < -0.4 is 10.6 Å². The molecule has 1 saturated carbocycles. The predicted molar refractivity (Wildman–Crippen MR) is 105 cm³/mol. The fourth-order valence-electron chi connectivity index (χ4n) is 3.11. The van der Waals surface area contributed by atoms with Crippen LogP contribution >= 0.6 is 24.0 Å². The summed E-state index contributed by atoms with van der Waals surface area (Å²) < 4.78 is 5.48. The van der Waals surface area contributed by atoms with Crippen molar-refractivity contribution in [2.75, 3.05) is 46.4 Å². The molecule has 0 aromatic carbocycles. The zero-order valence-corrected chi connectivity index (χ0v) is 17.0. The summed E-state index contributed by atoms with van der Waals surface area (Å²) >= 11 is 0. The number of carbonyl (C=O) groups is 2.